The third kappa shape index (κ3) is 4.40. The van der Waals surface area contributed by atoms with Crippen LogP contribution in [0.5, 0.6) is 0 Å². The summed E-state index contributed by atoms with van der Waals surface area (Å²) in [7, 11) is -3.85. The van der Waals surface area contributed by atoms with E-state index in [9.17, 15) is 13.5 Å². The number of benzene rings is 2. The monoisotopic (exact) mass is 417 g/mol. The molecular formula is C23H31NO4S. The van der Waals surface area contributed by atoms with Crippen molar-refractivity contribution in [3.63, 3.8) is 0 Å². The topological polar surface area (TPSA) is 66.8 Å². The van der Waals surface area contributed by atoms with Crippen LogP contribution in [0.4, 0.5) is 0 Å². The molecule has 5 nitrogen and oxygen atoms in total. The second kappa shape index (κ2) is 8.56. The zero-order chi connectivity index (χ0) is 21.2. The zero-order valence-corrected chi connectivity index (χ0v) is 18.4. The first-order valence-corrected chi connectivity index (χ1v) is 11.7. The summed E-state index contributed by atoms with van der Waals surface area (Å²) in [4.78, 5) is 0.212. The Morgan fingerprint density at radius 3 is 2.31 bits per heavy atom. The van der Waals surface area contributed by atoms with Crippen molar-refractivity contribution in [3.8, 4) is 0 Å². The summed E-state index contributed by atoms with van der Waals surface area (Å²) in [5, 5.41) is 11.2. The van der Waals surface area contributed by atoms with Crippen molar-refractivity contribution in [2.45, 2.75) is 75.8 Å². The number of rotatable bonds is 7. The first-order valence-electron chi connectivity index (χ1n) is 10.2. The van der Waals surface area contributed by atoms with Gasteiger partial charge in [-0.05, 0) is 44.9 Å². The highest BCUT2D eigenvalue weighted by atomic mass is 32.2. The maximum atomic E-state index is 13.6. The molecule has 0 bridgehead atoms. The number of hydrogen-bond acceptors (Lipinski definition) is 4. The van der Waals surface area contributed by atoms with E-state index in [1.807, 2.05) is 51.1 Å². The second-order valence-corrected chi connectivity index (χ2v) is 10.0. The molecular weight excluding hydrogens is 386 g/mol. The lowest BCUT2D eigenvalue weighted by Crippen LogP contribution is -2.52. The summed E-state index contributed by atoms with van der Waals surface area (Å²) < 4.78 is 34.8. The third-order valence-electron chi connectivity index (χ3n) is 5.64. The van der Waals surface area contributed by atoms with Crippen molar-refractivity contribution >= 4 is 10.0 Å². The summed E-state index contributed by atoms with van der Waals surface area (Å²) in [5.74, 6) is 0. The Bertz CT molecular complexity index is 910. The number of aryl methyl sites for hydroxylation is 1. The average Bonchev–Trinajstić information content (AvgIpc) is 3.06. The largest absolute Gasteiger partial charge is 0.386 e. The molecule has 158 valence electrons. The van der Waals surface area contributed by atoms with E-state index >= 15 is 0 Å². The van der Waals surface area contributed by atoms with E-state index in [4.69, 9.17) is 4.74 Å². The molecule has 1 heterocycles. The quantitative estimate of drug-likeness (QED) is 0.724. The van der Waals surface area contributed by atoms with Crippen molar-refractivity contribution in [3.05, 3.63) is 65.7 Å². The highest BCUT2D eigenvalue weighted by Crippen LogP contribution is 2.43. The van der Waals surface area contributed by atoms with Crippen molar-refractivity contribution in [1.82, 2.24) is 4.31 Å². The number of unbranched alkanes of at least 4 members (excludes halogenated alkanes) is 1. The minimum atomic E-state index is -3.85. The molecule has 1 aliphatic heterocycles. The molecule has 0 saturated carbocycles. The van der Waals surface area contributed by atoms with E-state index in [1.54, 1.807) is 31.2 Å². The Morgan fingerprint density at radius 2 is 1.72 bits per heavy atom. The molecule has 0 radical (unpaired) electrons. The van der Waals surface area contributed by atoms with Gasteiger partial charge in [0.05, 0.1) is 10.9 Å². The molecule has 3 rings (SSSR count). The maximum Gasteiger partial charge on any atom is 0.245 e. The van der Waals surface area contributed by atoms with Gasteiger partial charge in [-0.1, -0.05) is 67.8 Å². The highest BCUT2D eigenvalue weighted by Gasteiger charge is 2.53. The summed E-state index contributed by atoms with van der Waals surface area (Å²) in [6.07, 6.45) is 0.749. The molecule has 1 aliphatic rings. The van der Waals surface area contributed by atoms with Gasteiger partial charge in [0.1, 0.15) is 11.7 Å². The fourth-order valence-electron chi connectivity index (χ4n) is 3.92. The lowest BCUT2D eigenvalue weighted by molar-refractivity contribution is -0.125. The Hall–Kier alpha value is -1.73. The lowest BCUT2D eigenvalue weighted by atomic mass is 9.97. The van der Waals surface area contributed by atoms with Gasteiger partial charge in [0.25, 0.3) is 0 Å². The van der Waals surface area contributed by atoms with Crippen LogP contribution in [0.3, 0.4) is 0 Å². The minimum Gasteiger partial charge on any atom is -0.386 e. The molecule has 1 fully saturated rings. The van der Waals surface area contributed by atoms with Crippen molar-refractivity contribution < 1.29 is 18.3 Å². The number of sulfonamides is 1. The van der Waals surface area contributed by atoms with E-state index < -0.39 is 34.0 Å². The van der Waals surface area contributed by atoms with E-state index in [0.29, 0.717) is 6.42 Å². The Balaban J connectivity index is 2.05. The molecule has 1 N–H and O–H groups in total. The first kappa shape index (κ1) is 22.0. The maximum absolute atomic E-state index is 13.6. The van der Waals surface area contributed by atoms with Crippen LogP contribution < -0.4 is 0 Å². The fourth-order valence-corrected chi connectivity index (χ4v) is 5.72. The van der Waals surface area contributed by atoms with Crippen LogP contribution in [0.1, 0.15) is 57.3 Å². The standard InChI is InChI=1S/C23H31NO4S/c1-5-6-16-23(4,25)22-24(29(26,27)20-14-12-17(2)13-15-20)18(3)21(28-22)19-10-8-7-9-11-19/h7-15,18,21-22,25H,5-6,16H2,1-4H3/t18-,21-,22-,23-/m0/s1. The number of hydrogen-bond donors (Lipinski definition) is 1. The fraction of sp³-hybridized carbons (Fsp3) is 0.478. The molecule has 2 aromatic carbocycles. The molecule has 6 heteroatoms. The summed E-state index contributed by atoms with van der Waals surface area (Å²) in [6.45, 7) is 7.48. The van der Waals surface area contributed by atoms with Gasteiger partial charge in [-0.25, -0.2) is 8.42 Å². The van der Waals surface area contributed by atoms with Crippen LogP contribution in [-0.2, 0) is 14.8 Å². The Labute approximate surface area is 174 Å². The summed E-state index contributed by atoms with van der Waals surface area (Å²) in [5.41, 5.74) is 0.590. The number of aliphatic hydroxyl groups is 1. The smallest absolute Gasteiger partial charge is 0.245 e. The molecule has 1 saturated heterocycles. The number of ether oxygens (including phenoxy) is 1. The van der Waals surface area contributed by atoms with Crippen LogP contribution >= 0.6 is 0 Å². The number of nitrogens with zero attached hydrogens (tertiary/aromatic N) is 1. The predicted octanol–water partition coefficient (Wildman–Crippen LogP) is 4.41. The predicted molar refractivity (Wildman–Crippen MR) is 114 cm³/mol. The molecule has 0 spiro atoms. The SMILES string of the molecule is CCCC[C@](C)(O)[C@@H]1O[C@H](c2ccccc2)[C@H](C)N1S(=O)(=O)c1ccc(C)cc1. The Morgan fingerprint density at radius 1 is 1.10 bits per heavy atom. The van der Waals surface area contributed by atoms with Crippen LogP contribution in [-0.4, -0.2) is 35.7 Å². The van der Waals surface area contributed by atoms with Gasteiger partial charge in [0.15, 0.2) is 6.23 Å². The summed E-state index contributed by atoms with van der Waals surface area (Å²) in [6, 6.07) is 15.9. The van der Waals surface area contributed by atoms with Crippen LogP contribution in [0.25, 0.3) is 0 Å². The van der Waals surface area contributed by atoms with Crippen LogP contribution in [0.15, 0.2) is 59.5 Å². The van der Waals surface area contributed by atoms with Gasteiger partial charge in [0.2, 0.25) is 10.0 Å². The highest BCUT2D eigenvalue weighted by molar-refractivity contribution is 7.89. The lowest BCUT2D eigenvalue weighted by Gasteiger charge is -2.35. The third-order valence-corrected chi connectivity index (χ3v) is 7.59. The first-order chi connectivity index (χ1) is 13.7. The van der Waals surface area contributed by atoms with Crippen molar-refractivity contribution in [1.29, 1.82) is 0 Å². The van der Waals surface area contributed by atoms with Gasteiger partial charge in [-0.2, -0.15) is 4.31 Å². The van der Waals surface area contributed by atoms with Crippen LogP contribution in [0, 0.1) is 6.92 Å². The van der Waals surface area contributed by atoms with Gasteiger partial charge < -0.3 is 9.84 Å². The molecule has 0 amide bonds. The zero-order valence-electron chi connectivity index (χ0n) is 17.6. The average molecular weight is 418 g/mol. The minimum absolute atomic E-state index is 0.212. The molecule has 0 unspecified atom stereocenters. The van der Waals surface area contributed by atoms with E-state index in [0.717, 1.165) is 24.0 Å². The second-order valence-electron chi connectivity index (χ2n) is 8.17. The molecule has 2 aromatic rings. The van der Waals surface area contributed by atoms with Crippen LogP contribution in [0.2, 0.25) is 0 Å². The van der Waals surface area contributed by atoms with Crippen molar-refractivity contribution in [2.75, 3.05) is 0 Å². The Kier molecular flexibility index (Phi) is 6.48. The normalized spacial score (nSPS) is 25.1. The molecule has 29 heavy (non-hydrogen) atoms. The molecule has 4 atom stereocenters. The van der Waals surface area contributed by atoms with Gasteiger partial charge >= 0.3 is 0 Å². The van der Waals surface area contributed by atoms with Gasteiger partial charge in [0, 0.05) is 0 Å². The van der Waals surface area contributed by atoms with E-state index in [2.05, 4.69) is 0 Å². The van der Waals surface area contributed by atoms with E-state index in [-0.39, 0.29) is 4.90 Å². The van der Waals surface area contributed by atoms with Gasteiger partial charge in [-0.15, -0.1) is 0 Å². The molecule has 0 aliphatic carbocycles. The molecule has 0 aromatic heterocycles. The van der Waals surface area contributed by atoms with E-state index in [1.165, 1.54) is 4.31 Å². The van der Waals surface area contributed by atoms with Gasteiger partial charge in [-0.3, -0.25) is 0 Å². The van der Waals surface area contributed by atoms with Crippen molar-refractivity contribution in [2.24, 2.45) is 0 Å². The summed E-state index contributed by atoms with van der Waals surface area (Å²) >= 11 is 0.